The van der Waals surface area contributed by atoms with Gasteiger partial charge in [0.1, 0.15) is 6.07 Å². The Labute approximate surface area is 130 Å². The van der Waals surface area contributed by atoms with Crippen LogP contribution in [0.15, 0.2) is 48.5 Å². The van der Waals surface area contributed by atoms with E-state index in [-0.39, 0.29) is 12.2 Å². The molecule has 0 unspecified atom stereocenters. The van der Waals surface area contributed by atoms with Crippen molar-refractivity contribution in [3.63, 3.8) is 0 Å². The number of benzene rings is 2. The number of nitrogens with zero attached hydrogens (tertiary/aromatic N) is 1. The van der Waals surface area contributed by atoms with Gasteiger partial charge in [0.2, 0.25) is 5.91 Å². The molecule has 2 N–H and O–H groups in total. The molecule has 0 fully saturated rings. The van der Waals surface area contributed by atoms with E-state index in [0.717, 1.165) is 12.1 Å². The first-order valence-corrected chi connectivity index (χ1v) is 6.60. The molecular weight excluding hydrogens is 307 g/mol. The van der Waals surface area contributed by atoms with E-state index in [1.165, 1.54) is 12.1 Å². The zero-order valence-corrected chi connectivity index (χ0v) is 11.8. The fraction of sp³-hybridized carbons (Fsp3) is 0.125. The maximum absolute atomic E-state index is 12.6. The van der Waals surface area contributed by atoms with Gasteiger partial charge in [-0.15, -0.1) is 0 Å². The number of alkyl halides is 3. The first kappa shape index (κ1) is 16.4. The van der Waals surface area contributed by atoms with Crippen molar-refractivity contribution in [2.24, 2.45) is 0 Å². The van der Waals surface area contributed by atoms with Crippen LogP contribution in [0.4, 0.5) is 24.5 Å². The third-order valence-corrected chi connectivity index (χ3v) is 2.96. The Morgan fingerprint density at radius 2 is 1.87 bits per heavy atom. The lowest BCUT2D eigenvalue weighted by atomic mass is 10.2. The van der Waals surface area contributed by atoms with E-state index >= 15 is 0 Å². The quantitative estimate of drug-likeness (QED) is 0.904. The molecule has 0 radical (unpaired) electrons. The number of rotatable bonds is 4. The van der Waals surface area contributed by atoms with Crippen LogP contribution in [-0.2, 0) is 11.0 Å². The summed E-state index contributed by atoms with van der Waals surface area (Å²) < 4.78 is 37.8. The van der Waals surface area contributed by atoms with Gasteiger partial charge in [0.15, 0.2) is 0 Å². The van der Waals surface area contributed by atoms with Gasteiger partial charge < -0.3 is 10.6 Å². The number of carbonyl (C=O) groups is 1. The number of para-hydroxylation sites is 1. The van der Waals surface area contributed by atoms with Gasteiger partial charge in [0.25, 0.3) is 0 Å². The summed E-state index contributed by atoms with van der Waals surface area (Å²) >= 11 is 0. The highest BCUT2D eigenvalue weighted by Gasteiger charge is 2.30. The smallest absolute Gasteiger partial charge is 0.375 e. The predicted molar refractivity (Wildman–Crippen MR) is 79.7 cm³/mol. The maximum Gasteiger partial charge on any atom is 0.416 e. The molecule has 0 aromatic heterocycles. The summed E-state index contributed by atoms with van der Waals surface area (Å²) in [7, 11) is 0. The van der Waals surface area contributed by atoms with Gasteiger partial charge in [-0.2, -0.15) is 18.4 Å². The lowest BCUT2D eigenvalue weighted by Crippen LogP contribution is -2.22. The highest BCUT2D eigenvalue weighted by atomic mass is 19.4. The zero-order chi connectivity index (χ0) is 16.9. The van der Waals surface area contributed by atoms with E-state index in [9.17, 15) is 18.0 Å². The molecule has 0 atom stereocenters. The molecule has 1 amide bonds. The Kier molecular flexibility index (Phi) is 4.86. The lowest BCUT2D eigenvalue weighted by Gasteiger charge is -2.11. The monoisotopic (exact) mass is 319 g/mol. The fourth-order valence-corrected chi connectivity index (χ4v) is 1.89. The largest absolute Gasteiger partial charge is 0.416 e. The third kappa shape index (κ3) is 4.48. The van der Waals surface area contributed by atoms with Crippen LogP contribution in [0.3, 0.4) is 0 Å². The average molecular weight is 319 g/mol. The van der Waals surface area contributed by atoms with Gasteiger partial charge in [0.05, 0.1) is 23.4 Å². The summed E-state index contributed by atoms with van der Waals surface area (Å²) in [5.41, 5.74) is 0.0758. The molecule has 118 valence electrons. The van der Waals surface area contributed by atoms with Crippen molar-refractivity contribution in [1.82, 2.24) is 0 Å². The minimum Gasteiger partial charge on any atom is -0.375 e. The van der Waals surface area contributed by atoms with Gasteiger partial charge >= 0.3 is 6.18 Å². The van der Waals surface area contributed by atoms with E-state index in [4.69, 9.17) is 5.26 Å². The molecule has 0 saturated heterocycles. The molecule has 0 heterocycles. The highest BCUT2D eigenvalue weighted by molar-refractivity contribution is 5.94. The van der Waals surface area contributed by atoms with E-state index in [2.05, 4.69) is 10.6 Å². The molecule has 0 aliphatic heterocycles. The second-order valence-electron chi connectivity index (χ2n) is 4.64. The molecular formula is C16H12F3N3O. The Morgan fingerprint density at radius 1 is 1.13 bits per heavy atom. The van der Waals surface area contributed by atoms with Crippen molar-refractivity contribution in [2.75, 3.05) is 17.2 Å². The first-order chi connectivity index (χ1) is 10.9. The lowest BCUT2D eigenvalue weighted by molar-refractivity contribution is -0.137. The SMILES string of the molecule is N#Cc1ccccc1NCC(=O)Nc1cccc(C(F)(F)F)c1. The minimum absolute atomic E-state index is 0.0557. The topological polar surface area (TPSA) is 64.9 Å². The van der Waals surface area contributed by atoms with E-state index in [1.807, 2.05) is 6.07 Å². The van der Waals surface area contributed by atoms with Crippen LogP contribution >= 0.6 is 0 Å². The molecule has 0 bridgehead atoms. The second kappa shape index (κ2) is 6.83. The molecule has 0 aliphatic rings. The molecule has 0 saturated carbocycles. The van der Waals surface area contributed by atoms with Crippen LogP contribution in [0.2, 0.25) is 0 Å². The average Bonchev–Trinajstić information content (AvgIpc) is 2.52. The Bertz CT molecular complexity index is 751. The van der Waals surface area contributed by atoms with Crippen LogP contribution in [0.1, 0.15) is 11.1 Å². The first-order valence-electron chi connectivity index (χ1n) is 6.60. The van der Waals surface area contributed by atoms with Crippen LogP contribution in [-0.4, -0.2) is 12.5 Å². The van der Waals surface area contributed by atoms with Gasteiger partial charge in [-0.3, -0.25) is 4.79 Å². The van der Waals surface area contributed by atoms with Crippen molar-refractivity contribution in [3.8, 4) is 6.07 Å². The number of nitrogens with one attached hydrogen (secondary N) is 2. The number of hydrogen-bond acceptors (Lipinski definition) is 3. The van der Waals surface area contributed by atoms with E-state index in [0.29, 0.717) is 11.3 Å². The summed E-state index contributed by atoms with van der Waals surface area (Å²) in [6, 6.07) is 13.0. The molecule has 4 nitrogen and oxygen atoms in total. The van der Waals surface area contributed by atoms with Crippen LogP contribution in [0.25, 0.3) is 0 Å². The Hall–Kier alpha value is -3.01. The van der Waals surface area contributed by atoms with Crippen LogP contribution in [0.5, 0.6) is 0 Å². The van der Waals surface area contributed by atoms with Crippen LogP contribution < -0.4 is 10.6 Å². The standard InChI is InChI=1S/C16H12F3N3O/c17-16(18,19)12-5-3-6-13(8-12)22-15(23)10-21-14-7-2-1-4-11(14)9-20/h1-8,21H,10H2,(H,22,23). The second-order valence-corrected chi connectivity index (χ2v) is 4.64. The molecule has 2 aromatic carbocycles. The number of hydrogen-bond donors (Lipinski definition) is 2. The predicted octanol–water partition coefficient (Wildman–Crippen LogP) is 3.63. The van der Waals surface area contributed by atoms with Crippen molar-refractivity contribution in [1.29, 1.82) is 5.26 Å². The van der Waals surface area contributed by atoms with Gasteiger partial charge in [-0.1, -0.05) is 18.2 Å². The van der Waals surface area contributed by atoms with E-state index < -0.39 is 17.6 Å². The number of nitriles is 1. The van der Waals surface area contributed by atoms with Gasteiger partial charge in [0, 0.05) is 5.69 Å². The molecule has 2 aromatic rings. The number of halogens is 3. The Balaban J connectivity index is 1.99. The normalized spacial score (nSPS) is 10.7. The summed E-state index contributed by atoms with van der Waals surface area (Å²) in [6.07, 6.45) is -4.47. The zero-order valence-electron chi connectivity index (χ0n) is 11.8. The Morgan fingerprint density at radius 3 is 2.57 bits per heavy atom. The van der Waals surface area contributed by atoms with Gasteiger partial charge in [-0.05, 0) is 30.3 Å². The van der Waals surface area contributed by atoms with Crippen molar-refractivity contribution in [3.05, 3.63) is 59.7 Å². The minimum atomic E-state index is -4.47. The molecule has 23 heavy (non-hydrogen) atoms. The summed E-state index contributed by atoms with van der Waals surface area (Å²) in [5.74, 6) is -0.517. The molecule has 0 spiro atoms. The van der Waals surface area contributed by atoms with Gasteiger partial charge in [-0.25, -0.2) is 0 Å². The number of carbonyl (C=O) groups excluding carboxylic acids is 1. The van der Waals surface area contributed by atoms with Crippen molar-refractivity contribution < 1.29 is 18.0 Å². The van der Waals surface area contributed by atoms with Crippen molar-refractivity contribution >= 4 is 17.3 Å². The summed E-state index contributed by atoms with van der Waals surface area (Å²) in [5, 5.41) is 14.1. The molecule has 0 aliphatic carbocycles. The molecule has 7 heteroatoms. The number of anilines is 2. The summed E-state index contributed by atoms with van der Waals surface area (Å²) in [6.45, 7) is -0.172. The van der Waals surface area contributed by atoms with Crippen molar-refractivity contribution in [2.45, 2.75) is 6.18 Å². The third-order valence-electron chi connectivity index (χ3n) is 2.96. The summed E-state index contributed by atoms with van der Waals surface area (Å²) in [4.78, 5) is 11.8. The highest BCUT2D eigenvalue weighted by Crippen LogP contribution is 2.30. The van der Waals surface area contributed by atoms with Crippen LogP contribution in [0, 0.1) is 11.3 Å². The fourth-order valence-electron chi connectivity index (χ4n) is 1.89. The van der Waals surface area contributed by atoms with E-state index in [1.54, 1.807) is 24.3 Å². The number of amides is 1. The molecule has 2 rings (SSSR count). The maximum atomic E-state index is 12.6.